The molecule has 5 nitrogen and oxygen atoms in total. The number of methoxy groups -OCH3 is 1. The number of carbonyl (C=O) groups excluding carboxylic acids is 2. The minimum Gasteiger partial charge on any atom is -0.467 e. The molecule has 106 valence electrons. The fourth-order valence-electron chi connectivity index (χ4n) is 1.65. The van der Waals surface area contributed by atoms with Crippen LogP contribution in [0.5, 0.6) is 0 Å². The second-order valence-corrected chi connectivity index (χ2v) is 5.36. The fourth-order valence-corrected chi connectivity index (χ4v) is 1.65. The van der Waals surface area contributed by atoms with E-state index in [-0.39, 0.29) is 11.8 Å². The largest absolute Gasteiger partial charge is 0.467 e. The molecule has 0 rings (SSSR count). The average molecular weight is 259 g/mol. The highest BCUT2D eigenvalue weighted by atomic mass is 16.5. The first-order chi connectivity index (χ1) is 8.27. The van der Waals surface area contributed by atoms with Gasteiger partial charge in [0, 0.05) is 0 Å². The number of amides is 1. The molecule has 0 aliphatic rings. The summed E-state index contributed by atoms with van der Waals surface area (Å²) in [7, 11) is 1.28. The van der Waals surface area contributed by atoms with Crippen molar-refractivity contribution >= 4 is 11.9 Å². The highest BCUT2D eigenvalue weighted by Crippen LogP contribution is 2.09. The van der Waals surface area contributed by atoms with E-state index in [0.29, 0.717) is 12.8 Å². The maximum Gasteiger partial charge on any atom is 0.328 e. The van der Waals surface area contributed by atoms with Gasteiger partial charge < -0.3 is 15.2 Å². The third-order valence-corrected chi connectivity index (χ3v) is 2.51. The molecule has 5 heteroatoms. The van der Waals surface area contributed by atoms with E-state index < -0.39 is 24.0 Å². The van der Waals surface area contributed by atoms with E-state index in [0.717, 1.165) is 0 Å². The smallest absolute Gasteiger partial charge is 0.328 e. The summed E-state index contributed by atoms with van der Waals surface area (Å²) in [6.07, 6.45) is -0.210. The summed E-state index contributed by atoms with van der Waals surface area (Å²) in [5, 5.41) is 12.2. The molecule has 0 unspecified atom stereocenters. The monoisotopic (exact) mass is 259 g/mol. The van der Waals surface area contributed by atoms with Crippen LogP contribution in [0.3, 0.4) is 0 Å². The highest BCUT2D eigenvalue weighted by Gasteiger charge is 2.25. The summed E-state index contributed by atoms with van der Waals surface area (Å²) in [5.74, 6) is -0.530. The van der Waals surface area contributed by atoms with Crippen LogP contribution in [0.4, 0.5) is 0 Å². The Morgan fingerprint density at radius 3 is 2.00 bits per heavy atom. The zero-order valence-electron chi connectivity index (χ0n) is 11.9. The molecule has 0 saturated heterocycles. The van der Waals surface area contributed by atoms with Gasteiger partial charge in [-0.1, -0.05) is 27.7 Å². The minimum atomic E-state index is -1.08. The number of esters is 1. The molecule has 0 saturated carbocycles. The van der Waals surface area contributed by atoms with Crippen molar-refractivity contribution in [2.24, 2.45) is 11.8 Å². The first kappa shape index (κ1) is 16.9. The van der Waals surface area contributed by atoms with E-state index in [4.69, 9.17) is 0 Å². The second kappa shape index (κ2) is 8.08. The normalized spacial score (nSPS) is 14.4. The highest BCUT2D eigenvalue weighted by molar-refractivity contribution is 5.86. The Balaban J connectivity index is 4.47. The summed E-state index contributed by atoms with van der Waals surface area (Å²) in [6, 6.07) is -0.690. The molecule has 0 bridgehead atoms. The molecule has 0 aliphatic heterocycles. The minimum absolute atomic E-state index is 0.215. The van der Waals surface area contributed by atoms with E-state index in [9.17, 15) is 14.7 Å². The van der Waals surface area contributed by atoms with Crippen molar-refractivity contribution in [3.05, 3.63) is 0 Å². The van der Waals surface area contributed by atoms with Gasteiger partial charge in [-0.2, -0.15) is 0 Å². The van der Waals surface area contributed by atoms with Crippen LogP contribution in [0.25, 0.3) is 0 Å². The van der Waals surface area contributed by atoms with Gasteiger partial charge >= 0.3 is 5.97 Å². The summed E-state index contributed by atoms with van der Waals surface area (Å²) in [4.78, 5) is 23.2. The molecule has 0 aromatic heterocycles. The van der Waals surface area contributed by atoms with Gasteiger partial charge in [-0.05, 0) is 24.7 Å². The van der Waals surface area contributed by atoms with Crippen molar-refractivity contribution in [3.63, 3.8) is 0 Å². The Morgan fingerprint density at radius 2 is 1.61 bits per heavy atom. The predicted molar refractivity (Wildman–Crippen MR) is 68.9 cm³/mol. The lowest BCUT2D eigenvalue weighted by molar-refractivity contribution is -0.146. The van der Waals surface area contributed by atoms with Crippen LogP contribution in [0, 0.1) is 11.8 Å². The molecular weight excluding hydrogens is 234 g/mol. The summed E-state index contributed by atoms with van der Waals surface area (Å²) in [5.41, 5.74) is 0. The van der Waals surface area contributed by atoms with Gasteiger partial charge in [0.1, 0.15) is 12.1 Å². The van der Waals surface area contributed by atoms with Gasteiger partial charge in [0.25, 0.3) is 0 Å². The topological polar surface area (TPSA) is 75.6 Å². The van der Waals surface area contributed by atoms with Crippen LogP contribution < -0.4 is 5.32 Å². The van der Waals surface area contributed by atoms with E-state index in [1.807, 2.05) is 27.7 Å². The van der Waals surface area contributed by atoms with Crippen molar-refractivity contribution in [2.45, 2.75) is 52.7 Å². The third kappa shape index (κ3) is 6.59. The van der Waals surface area contributed by atoms with E-state index in [1.54, 1.807) is 0 Å². The number of aliphatic hydroxyl groups is 1. The van der Waals surface area contributed by atoms with E-state index in [2.05, 4.69) is 10.1 Å². The van der Waals surface area contributed by atoms with Crippen LogP contribution in [0.15, 0.2) is 0 Å². The first-order valence-electron chi connectivity index (χ1n) is 6.34. The summed E-state index contributed by atoms with van der Waals surface area (Å²) in [6.45, 7) is 7.74. The maximum absolute atomic E-state index is 11.7. The van der Waals surface area contributed by atoms with Crippen LogP contribution >= 0.6 is 0 Å². The van der Waals surface area contributed by atoms with Crippen LogP contribution in [0.1, 0.15) is 40.5 Å². The van der Waals surface area contributed by atoms with E-state index >= 15 is 0 Å². The molecule has 0 heterocycles. The van der Waals surface area contributed by atoms with Crippen molar-refractivity contribution in [1.29, 1.82) is 0 Å². The molecular formula is C13H25NO4. The standard InChI is InChI=1S/C13H25NO4/c1-8(2)6-10(13(17)18-5)14-12(16)11(15)7-9(3)4/h8-11,15H,6-7H2,1-5H3,(H,14,16)/t10-,11+/m0/s1. The molecule has 18 heavy (non-hydrogen) atoms. The number of nitrogens with one attached hydrogen (secondary N) is 1. The molecule has 0 aromatic carbocycles. The molecule has 0 spiro atoms. The zero-order valence-corrected chi connectivity index (χ0v) is 11.9. The Morgan fingerprint density at radius 1 is 1.11 bits per heavy atom. The second-order valence-electron chi connectivity index (χ2n) is 5.36. The van der Waals surface area contributed by atoms with Gasteiger partial charge in [-0.3, -0.25) is 4.79 Å². The first-order valence-corrected chi connectivity index (χ1v) is 6.34. The van der Waals surface area contributed by atoms with Crippen LogP contribution in [-0.4, -0.2) is 36.2 Å². The van der Waals surface area contributed by atoms with Gasteiger partial charge in [-0.25, -0.2) is 4.79 Å². The number of ether oxygens (including phenoxy) is 1. The Kier molecular flexibility index (Phi) is 7.59. The number of hydrogen-bond donors (Lipinski definition) is 2. The molecule has 0 aromatic rings. The Bertz CT molecular complexity index is 276. The van der Waals surface area contributed by atoms with Crippen molar-refractivity contribution in [1.82, 2.24) is 5.32 Å². The fraction of sp³-hybridized carbons (Fsp3) is 0.846. The number of hydrogen-bond acceptors (Lipinski definition) is 4. The van der Waals surface area contributed by atoms with Crippen molar-refractivity contribution < 1.29 is 19.4 Å². The molecule has 2 atom stereocenters. The third-order valence-electron chi connectivity index (χ3n) is 2.51. The number of rotatable bonds is 7. The van der Waals surface area contributed by atoms with Crippen molar-refractivity contribution in [2.75, 3.05) is 7.11 Å². The molecule has 0 aliphatic carbocycles. The molecule has 1 amide bonds. The van der Waals surface area contributed by atoms with Gasteiger partial charge in [-0.15, -0.1) is 0 Å². The molecule has 2 N–H and O–H groups in total. The van der Waals surface area contributed by atoms with Crippen LogP contribution in [0.2, 0.25) is 0 Å². The molecule has 0 radical (unpaired) electrons. The quantitative estimate of drug-likeness (QED) is 0.671. The summed E-state index contributed by atoms with van der Waals surface area (Å²) < 4.78 is 4.64. The summed E-state index contributed by atoms with van der Waals surface area (Å²) >= 11 is 0. The molecule has 0 fully saturated rings. The Labute approximate surface area is 109 Å². The Hall–Kier alpha value is -1.10. The lowest BCUT2D eigenvalue weighted by Crippen LogP contribution is -2.46. The predicted octanol–water partition coefficient (Wildman–Crippen LogP) is 1.10. The van der Waals surface area contributed by atoms with Gasteiger partial charge in [0.2, 0.25) is 5.91 Å². The van der Waals surface area contributed by atoms with Crippen LogP contribution in [-0.2, 0) is 14.3 Å². The zero-order chi connectivity index (χ0) is 14.3. The number of aliphatic hydroxyl groups excluding tert-OH is 1. The van der Waals surface area contributed by atoms with Crippen molar-refractivity contribution in [3.8, 4) is 0 Å². The van der Waals surface area contributed by atoms with Gasteiger partial charge in [0.05, 0.1) is 7.11 Å². The lowest BCUT2D eigenvalue weighted by Gasteiger charge is -2.20. The van der Waals surface area contributed by atoms with E-state index in [1.165, 1.54) is 7.11 Å². The lowest BCUT2D eigenvalue weighted by atomic mass is 10.0. The SMILES string of the molecule is COC(=O)[C@H](CC(C)C)NC(=O)[C@H](O)CC(C)C. The maximum atomic E-state index is 11.7. The number of carbonyl (C=O) groups is 2. The average Bonchev–Trinajstić information content (AvgIpc) is 2.25. The van der Waals surface area contributed by atoms with Gasteiger partial charge in [0.15, 0.2) is 0 Å².